The van der Waals surface area contributed by atoms with Crippen molar-refractivity contribution in [1.82, 2.24) is 9.55 Å². The smallest absolute Gasteiger partial charge is 0.468 e. The molecule has 10 nitrogen and oxygen atoms in total. The second-order valence-corrected chi connectivity index (χ2v) is 28.5. The standard InChI is InChI=1S/C60H73B6N4O6S.Pt/c1-55(2,3)40-32-33-67-53(36-40)70-49-27-20-19-26-45(49)46-31-30-44(38-52(46)70)77-43-25-23-24-42(37-43)68-39-69(51-29-22-21-28-50(51)68)54-47(61-71-63(57(7,8)9)75-64(72-61)58(10,11)12)34-41(56(4,5)6)35-48(54)62-73-65(59(13,14)15)76-66(74-62)60(16,17)18;/h19-36,39H,1-18H3;/q-3;. The number of aromatic nitrogens is 2. The van der Waals surface area contributed by atoms with Gasteiger partial charge in [0.15, 0.2) is 0 Å². The van der Waals surface area contributed by atoms with Crippen molar-refractivity contribution < 1.29 is 48.5 Å². The topological polar surface area (TPSA) is 79.7 Å². The van der Waals surface area contributed by atoms with Crippen LogP contribution in [0.4, 0.5) is 22.7 Å². The Kier molecular flexibility index (Phi) is 16.0. The fourth-order valence-corrected chi connectivity index (χ4v) is 10.8. The summed E-state index contributed by atoms with van der Waals surface area (Å²) in [6, 6.07) is 44.2. The number of nitrogens with zero attached hydrogens (tertiary/aromatic N) is 4. The average molecular weight is 1240 g/mol. The maximum absolute atomic E-state index is 7.07. The molecule has 3 aliphatic heterocycles. The van der Waals surface area contributed by atoms with Crippen molar-refractivity contribution in [3.63, 3.8) is 0 Å². The van der Waals surface area contributed by atoms with Gasteiger partial charge in [-0.25, -0.2) is 4.98 Å². The minimum atomic E-state index is -0.837. The van der Waals surface area contributed by atoms with Crippen LogP contribution in [-0.2, 0) is 59.3 Å². The molecule has 0 aliphatic carbocycles. The first-order valence-corrected chi connectivity index (χ1v) is 28.0. The molecular weight excluding hydrogens is 1160 g/mol. The zero-order valence-corrected chi connectivity index (χ0v) is 52.0. The van der Waals surface area contributed by atoms with E-state index >= 15 is 0 Å². The largest absolute Gasteiger partial charge is 0.493 e. The molecular formula is C60H73B6N4O6PtS-3. The van der Waals surface area contributed by atoms with Crippen molar-refractivity contribution in [3.05, 3.63) is 139 Å². The maximum Gasteiger partial charge on any atom is 0.468 e. The quantitative estimate of drug-likeness (QED) is 0.114. The minimum absolute atomic E-state index is 0. The van der Waals surface area contributed by atoms with Gasteiger partial charge in [-0.05, 0) is 78.9 Å². The molecule has 0 radical (unpaired) electrons. The zero-order chi connectivity index (χ0) is 55.4. The van der Waals surface area contributed by atoms with Gasteiger partial charge in [0, 0.05) is 60.8 Å². The van der Waals surface area contributed by atoms with Gasteiger partial charge in [-0.1, -0.05) is 173 Å². The van der Waals surface area contributed by atoms with E-state index in [1.54, 1.807) is 11.8 Å². The number of anilines is 4. The van der Waals surface area contributed by atoms with Crippen LogP contribution in [0.15, 0.2) is 119 Å². The molecule has 7 aromatic rings. The van der Waals surface area contributed by atoms with E-state index in [1.165, 1.54) is 5.56 Å². The molecule has 0 saturated carbocycles. The molecule has 0 spiro atoms. The molecule has 3 aliphatic rings. The third kappa shape index (κ3) is 11.8. The van der Waals surface area contributed by atoms with Crippen molar-refractivity contribution in [1.29, 1.82) is 0 Å². The second kappa shape index (κ2) is 21.3. The monoisotopic (exact) mass is 1240 g/mol. The molecule has 5 heterocycles. The summed E-state index contributed by atoms with van der Waals surface area (Å²) in [6.07, 6.45) is 1.92. The van der Waals surface area contributed by atoms with Gasteiger partial charge in [-0.3, -0.25) is 0 Å². The Morgan fingerprint density at radius 3 is 1.51 bits per heavy atom. The molecule has 0 bridgehead atoms. The molecule has 2 fully saturated rings. The predicted molar refractivity (Wildman–Crippen MR) is 325 cm³/mol. The van der Waals surface area contributed by atoms with E-state index in [2.05, 4.69) is 261 Å². The molecule has 0 N–H and O–H groups in total. The molecule has 2 saturated heterocycles. The number of benzene rings is 5. The molecule has 10 rings (SSSR count). The van der Waals surface area contributed by atoms with Crippen LogP contribution in [0.1, 0.15) is 136 Å². The van der Waals surface area contributed by atoms with Gasteiger partial charge in [0.25, 0.3) is 0 Å². The first kappa shape index (κ1) is 58.5. The zero-order valence-electron chi connectivity index (χ0n) is 48.9. The summed E-state index contributed by atoms with van der Waals surface area (Å²) in [7, 11) is -3.99. The number of pyridine rings is 1. The Bertz CT molecular complexity index is 3230. The fraction of sp³-hybridized carbons (Fsp3) is 0.400. The van der Waals surface area contributed by atoms with Gasteiger partial charge in [0.2, 0.25) is 0 Å². The van der Waals surface area contributed by atoms with E-state index in [-0.39, 0.29) is 53.2 Å². The summed E-state index contributed by atoms with van der Waals surface area (Å²) < 4.78 is 43.9. The Hall–Kier alpha value is -4.16. The van der Waals surface area contributed by atoms with Crippen LogP contribution in [0.25, 0.3) is 27.6 Å². The Labute approximate surface area is 486 Å². The number of para-hydroxylation sites is 3. The van der Waals surface area contributed by atoms with Crippen molar-refractivity contribution in [2.24, 2.45) is 0 Å². The molecule has 18 heteroatoms. The Morgan fingerprint density at radius 2 is 0.987 bits per heavy atom. The van der Waals surface area contributed by atoms with Crippen molar-refractivity contribution in [3.8, 4) is 5.82 Å². The van der Waals surface area contributed by atoms with Gasteiger partial charge < -0.3 is 41.8 Å². The number of hydrogen-bond acceptors (Lipinski definition) is 10. The predicted octanol–water partition coefficient (Wildman–Crippen LogP) is 14.6. The first-order valence-electron chi connectivity index (χ1n) is 27.2. The van der Waals surface area contributed by atoms with Crippen molar-refractivity contribution in [2.45, 2.75) is 167 Å². The summed E-state index contributed by atoms with van der Waals surface area (Å²) in [6.45, 7) is 41.3. The third-order valence-corrected chi connectivity index (χ3v) is 15.3. The van der Waals surface area contributed by atoms with Crippen molar-refractivity contribution >= 4 is 110 Å². The number of fused-ring (bicyclic) bond motifs is 4. The molecule has 5 aromatic carbocycles. The van der Waals surface area contributed by atoms with Crippen molar-refractivity contribution in [2.75, 3.05) is 9.80 Å². The van der Waals surface area contributed by atoms with E-state index in [4.69, 9.17) is 32.4 Å². The van der Waals surface area contributed by atoms with Crippen LogP contribution in [0.3, 0.4) is 0 Å². The molecule has 78 heavy (non-hydrogen) atoms. The minimum Gasteiger partial charge on any atom is -0.493 e. The van der Waals surface area contributed by atoms with E-state index < -0.39 is 42.7 Å². The first-order chi connectivity index (χ1) is 35.9. The molecule has 0 unspecified atom stereocenters. The SMILES string of the molecule is CC(C)(C)B1OB(c2cc(C(C)(C)C)cc(B3OB(C(C)(C)C)OB(C(C)(C)C)O3)c2N2[CH-]N(c3[c-]c(Sc4[c-]c5c(cc4)c4ccccc4n5-c4cc(C(C)(C)C)ccn4)ccc3)c3ccccc32)OB(C(C)(C)C)O1.[Pt]. The summed E-state index contributed by atoms with van der Waals surface area (Å²) in [5.74, 6) is 0.874. The Morgan fingerprint density at radius 1 is 0.487 bits per heavy atom. The van der Waals surface area contributed by atoms with Gasteiger partial charge in [0.1, 0.15) is 5.82 Å². The van der Waals surface area contributed by atoms with Gasteiger partial charge >= 0.3 is 42.7 Å². The van der Waals surface area contributed by atoms with Crippen LogP contribution in [0.5, 0.6) is 0 Å². The normalized spacial score (nSPS) is 16.2. The van der Waals surface area contributed by atoms with Gasteiger partial charge in [0.05, 0.1) is 0 Å². The van der Waals surface area contributed by atoms with E-state index in [0.717, 1.165) is 76.7 Å². The van der Waals surface area contributed by atoms with Crippen LogP contribution < -0.4 is 20.7 Å². The summed E-state index contributed by atoms with van der Waals surface area (Å²) >= 11 is 1.64. The third-order valence-electron chi connectivity index (χ3n) is 14.4. The van der Waals surface area contributed by atoms with Crippen LogP contribution >= 0.6 is 11.8 Å². The summed E-state index contributed by atoms with van der Waals surface area (Å²) in [5, 5.41) is 0.798. The molecule has 2 aromatic heterocycles. The van der Waals surface area contributed by atoms with Crippen LogP contribution in [-0.4, -0.2) is 52.3 Å². The second-order valence-electron chi connectivity index (χ2n) is 27.5. The van der Waals surface area contributed by atoms with E-state index in [1.807, 2.05) is 6.20 Å². The number of hydrogen-bond donors (Lipinski definition) is 0. The maximum atomic E-state index is 7.07. The average Bonchev–Trinajstić information content (AvgIpc) is 4.11. The Balaban J connectivity index is 0.00000740. The number of rotatable bonds is 7. The molecule has 0 amide bonds. The van der Waals surface area contributed by atoms with Crippen LogP contribution in [0, 0.1) is 18.8 Å². The van der Waals surface area contributed by atoms with Crippen LogP contribution in [0.2, 0.25) is 21.3 Å². The van der Waals surface area contributed by atoms with Gasteiger partial charge in [-0.15, -0.1) is 57.5 Å². The van der Waals surface area contributed by atoms with Gasteiger partial charge in [-0.2, -0.15) is 24.3 Å². The van der Waals surface area contributed by atoms with E-state index in [9.17, 15) is 0 Å². The van der Waals surface area contributed by atoms with E-state index in [0.29, 0.717) is 0 Å². The summed E-state index contributed by atoms with van der Waals surface area (Å²) in [4.78, 5) is 11.3. The molecule has 0 atom stereocenters. The fourth-order valence-electron chi connectivity index (χ4n) is 9.96. The summed E-state index contributed by atoms with van der Waals surface area (Å²) in [5.41, 5.74) is 9.36. The molecule has 406 valence electrons.